The van der Waals surface area contributed by atoms with Crippen LogP contribution in [0.5, 0.6) is 0 Å². The van der Waals surface area contributed by atoms with Crippen molar-refractivity contribution in [1.29, 1.82) is 5.41 Å². The van der Waals surface area contributed by atoms with Crippen LogP contribution in [0.3, 0.4) is 0 Å². The first-order chi connectivity index (χ1) is 7.91. The zero-order valence-corrected chi connectivity index (χ0v) is 9.53. The highest BCUT2D eigenvalue weighted by Gasteiger charge is 2.19. The lowest BCUT2D eigenvalue weighted by atomic mass is 10.0. The lowest BCUT2D eigenvalue weighted by molar-refractivity contribution is -0.385. The number of ketones is 1. The van der Waals surface area contributed by atoms with E-state index in [2.05, 4.69) is 0 Å². The number of carbonyl (C=O) groups excluding carboxylic acids is 1. The molecule has 0 aliphatic carbocycles. The van der Waals surface area contributed by atoms with Crippen molar-refractivity contribution in [2.24, 2.45) is 5.73 Å². The number of nitrogens with zero attached hydrogens (tertiary/aromatic N) is 1. The van der Waals surface area contributed by atoms with Crippen LogP contribution in [0.25, 0.3) is 0 Å². The molecule has 0 amide bonds. The van der Waals surface area contributed by atoms with Gasteiger partial charge in [0.15, 0.2) is 0 Å². The van der Waals surface area contributed by atoms with Crippen molar-refractivity contribution in [2.75, 3.05) is 0 Å². The fourth-order valence-corrected chi connectivity index (χ4v) is 1.60. The van der Waals surface area contributed by atoms with Crippen LogP contribution in [0.15, 0.2) is 18.2 Å². The Balaban J connectivity index is 3.01. The second kappa shape index (κ2) is 5.40. The Morgan fingerprint density at radius 3 is 2.71 bits per heavy atom. The monoisotopic (exact) mass is 255 g/mol. The molecule has 0 bridgehead atoms. The van der Waals surface area contributed by atoms with Crippen LogP contribution in [0.4, 0.5) is 5.69 Å². The van der Waals surface area contributed by atoms with Gasteiger partial charge in [-0.2, -0.15) is 0 Å². The molecule has 90 valence electrons. The minimum atomic E-state index is -0.595. The number of hydrogen-bond acceptors (Lipinski definition) is 4. The fourth-order valence-electron chi connectivity index (χ4n) is 1.37. The predicted octanol–water partition coefficient (Wildman–Crippen LogP) is 1.69. The number of halogens is 1. The summed E-state index contributed by atoms with van der Waals surface area (Å²) < 4.78 is 0. The van der Waals surface area contributed by atoms with Crippen molar-refractivity contribution in [3.8, 4) is 0 Å². The average Bonchev–Trinajstić information content (AvgIpc) is 2.19. The molecule has 1 rings (SSSR count). The second-order valence-electron chi connectivity index (χ2n) is 3.41. The largest absolute Gasteiger partial charge is 0.387 e. The fraction of sp³-hybridized carbons (Fsp3) is 0.200. The van der Waals surface area contributed by atoms with Gasteiger partial charge in [-0.1, -0.05) is 17.7 Å². The van der Waals surface area contributed by atoms with Gasteiger partial charge in [0.1, 0.15) is 5.78 Å². The van der Waals surface area contributed by atoms with Crippen molar-refractivity contribution >= 4 is 28.9 Å². The first kappa shape index (κ1) is 13.1. The molecule has 17 heavy (non-hydrogen) atoms. The molecule has 3 N–H and O–H groups in total. The molecule has 0 aromatic heterocycles. The van der Waals surface area contributed by atoms with Gasteiger partial charge in [-0.3, -0.25) is 20.3 Å². The Hall–Kier alpha value is -1.95. The number of nitro benzene ring substituents is 1. The second-order valence-corrected chi connectivity index (χ2v) is 3.82. The van der Waals surface area contributed by atoms with Gasteiger partial charge in [-0.25, -0.2) is 0 Å². The first-order valence-electron chi connectivity index (χ1n) is 4.68. The van der Waals surface area contributed by atoms with E-state index in [1.54, 1.807) is 0 Å². The minimum absolute atomic E-state index is 0.158. The number of carbonyl (C=O) groups is 1. The highest BCUT2D eigenvalue weighted by molar-refractivity contribution is 6.31. The van der Waals surface area contributed by atoms with E-state index >= 15 is 0 Å². The van der Waals surface area contributed by atoms with E-state index in [0.717, 1.165) is 0 Å². The van der Waals surface area contributed by atoms with Crippen LogP contribution in [-0.4, -0.2) is 16.5 Å². The molecule has 7 heteroatoms. The maximum absolute atomic E-state index is 11.4. The maximum atomic E-state index is 11.4. The van der Waals surface area contributed by atoms with E-state index in [1.165, 1.54) is 18.2 Å². The van der Waals surface area contributed by atoms with Crippen molar-refractivity contribution in [2.45, 2.75) is 12.8 Å². The first-order valence-corrected chi connectivity index (χ1v) is 5.06. The summed E-state index contributed by atoms with van der Waals surface area (Å²) in [4.78, 5) is 21.6. The molecule has 0 unspecified atom stereocenters. The molecule has 0 heterocycles. The summed E-state index contributed by atoms with van der Waals surface area (Å²) in [6.07, 6.45) is -0.433. The molecule has 0 atom stereocenters. The number of hydrogen-bond donors (Lipinski definition) is 2. The van der Waals surface area contributed by atoms with Gasteiger partial charge in [0.2, 0.25) is 0 Å². The Kier molecular flexibility index (Phi) is 4.17. The zero-order chi connectivity index (χ0) is 13.0. The molecule has 0 spiro atoms. The van der Waals surface area contributed by atoms with Crippen LogP contribution >= 0.6 is 11.6 Å². The lowest BCUT2D eigenvalue weighted by Gasteiger charge is -2.04. The third kappa shape index (κ3) is 3.53. The normalized spacial score (nSPS) is 9.94. The number of nitro groups is 1. The quantitative estimate of drug-likeness (QED) is 0.361. The van der Waals surface area contributed by atoms with Gasteiger partial charge in [-0.05, 0) is 6.07 Å². The van der Waals surface area contributed by atoms with Crippen molar-refractivity contribution < 1.29 is 9.72 Å². The van der Waals surface area contributed by atoms with Crippen LogP contribution in [-0.2, 0) is 11.2 Å². The smallest absolute Gasteiger partial charge is 0.274 e. The highest BCUT2D eigenvalue weighted by atomic mass is 35.5. The van der Waals surface area contributed by atoms with Crippen LogP contribution in [0.1, 0.15) is 12.0 Å². The number of benzene rings is 1. The average molecular weight is 256 g/mol. The van der Waals surface area contributed by atoms with Crippen molar-refractivity contribution in [3.63, 3.8) is 0 Å². The Bertz CT molecular complexity index is 488. The Labute approximate surface area is 102 Å². The predicted molar refractivity (Wildman–Crippen MR) is 63.3 cm³/mol. The molecule has 0 saturated carbocycles. The number of nitrogens with two attached hydrogens (primary N) is 1. The molecule has 1 aromatic carbocycles. The van der Waals surface area contributed by atoms with Gasteiger partial charge in [0.05, 0.1) is 27.8 Å². The van der Waals surface area contributed by atoms with E-state index in [4.69, 9.17) is 22.7 Å². The summed E-state index contributed by atoms with van der Waals surface area (Å²) in [6, 6.07) is 4.20. The molecule has 0 saturated heterocycles. The van der Waals surface area contributed by atoms with Crippen molar-refractivity contribution in [3.05, 3.63) is 38.9 Å². The van der Waals surface area contributed by atoms with E-state index in [1.807, 2.05) is 0 Å². The minimum Gasteiger partial charge on any atom is -0.387 e. The zero-order valence-electron chi connectivity index (χ0n) is 8.77. The number of Topliss-reactive ketones (excluding diaryl/α,β-unsaturated/α-hetero) is 1. The van der Waals surface area contributed by atoms with Crippen LogP contribution < -0.4 is 5.73 Å². The Morgan fingerprint density at radius 2 is 2.18 bits per heavy atom. The molecule has 0 aliphatic rings. The molecule has 6 nitrogen and oxygen atoms in total. The molecule has 0 fully saturated rings. The third-order valence-electron chi connectivity index (χ3n) is 2.05. The van der Waals surface area contributed by atoms with Crippen molar-refractivity contribution in [1.82, 2.24) is 0 Å². The van der Waals surface area contributed by atoms with Gasteiger partial charge >= 0.3 is 0 Å². The third-order valence-corrected chi connectivity index (χ3v) is 2.41. The summed E-state index contributed by atoms with van der Waals surface area (Å²) in [6.45, 7) is 0. The van der Waals surface area contributed by atoms with E-state index in [9.17, 15) is 14.9 Å². The van der Waals surface area contributed by atoms with Gasteiger partial charge in [0, 0.05) is 12.5 Å². The van der Waals surface area contributed by atoms with E-state index < -0.39 is 4.92 Å². The van der Waals surface area contributed by atoms with Gasteiger partial charge < -0.3 is 5.73 Å². The van der Waals surface area contributed by atoms with Gasteiger partial charge in [0.25, 0.3) is 5.69 Å². The summed E-state index contributed by atoms with van der Waals surface area (Å²) in [5, 5.41) is 17.9. The SMILES string of the molecule is N=C(N)CC(=O)Cc1c(Cl)cccc1[N+](=O)[O-]. The summed E-state index contributed by atoms with van der Waals surface area (Å²) >= 11 is 5.81. The number of rotatable bonds is 5. The van der Waals surface area contributed by atoms with Crippen LogP contribution in [0.2, 0.25) is 5.02 Å². The topological polar surface area (TPSA) is 110 Å². The lowest BCUT2D eigenvalue weighted by Crippen LogP contribution is -2.17. The molecule has 1 aromatic rings. The molecule has 0 aliphatic heterocycles. The maximum Gasteiger partial charge on any atom is 0.274 e. The highest BCUT2D eigenvalue weighted by Crippen LogP contribution is 2.26. The number of nitrogens with one attached hydrogen (secondary N) is 1. The summed E-state index contributed by atoms with van der Waals surface area (Å²) in [5.74, 6) is -0.654. The Morgan fingerprint density at radius 1 is 1.53 bits per heavy atom. The van der Waals surface area contributed by atoms with E-state index in [0.29, 0.717) is 0 Å². The van der Waals surface area contributed by atoms with E-state index in [-0.39, 0.29) is 40.7 Å². The van der Waals surface area contributed by atoms with Crippen LogP contribution in [0, 0.1) is 15.5 Å². The summed E-state index contributed by atoms with van der Waals surface area (Å²) in [7, 11) is 0. The van der Waals surface area contributed by atoms with Gasteiger partial charge in [-0.15, -0.1) is 0 Å². The molecular formula is C10H10ClN3O3. The summed E-state index contributed by atoms with van der Waals surface area (Å²) in [5.41, 5.74) is 5.04. The standard InChI is InChI=1S/C10H10ClN3O3/c11-8-2-1-3-9(14(16)17)7(8)4-6(15)5-10(12)13/h1-3H,4-5H2,(H3,12,13). The number of amidine groups is 1. The molecular weight excluding hydrogens is 246 g/mol. The molecule has 0 radical (unpaired) electrons.